The first-order chi connectivity index (χ1) is 9.53. The zero-order valence-corrected chi connectivity index (χ0v) is 12.4. The molecule has 5 heteroatoms. The van der Waals surface area contributed by atoms with E-state index < -0.39 is 5.41 Å². The molecule has 0 radical (unpaired) electrons. The maximum absolute atomic E-state index is 11.5. The molecule has 0 bridgehead atoms. The van der Waals surface area contributed by atoms with Crippen LogP contribution in [0.4, 0.5) is 5.82 Å². The number of hydrogen-bond acceptors (Lipinski definition) is 4. The summed E-state index contributed by atoms with van der Waals surface area (Å²) in [6.45, 7) is 7.39. The van der Waals surface area contributed by atoms with Crippen molar-refractivity contribution in [2.24, 2.45) is 11.1 Å². The number of carbonyl (C=O) groups is 1. The van der Waals surface area contributed by atoms with Gasteiger partial charge < -0.3 is 11.1 Å². The molecule has 110 valence electrons. The first-order valence-corrected chi connectivity index (χ1v) is 7.25. The molecule has 1 aliphatic rings. The van der Waals surface area contributed by atoms with Crippen molar-refractivity contribution < 1.29 is 4.79 Å². The van der Waals surface area contributed by atoms with Crippen molar-refractivity contribution in [2.45, 2.75) is 33.2 Å². The second-order valence-electron chi connectivity index (χ2n) is 5.83. The lowest BCUT2D eigenvalue weighted by Crippen LogP contribution is -2.37. The van der Waals surface area contributed by atoms with Gasteiger partial charge in [0.15, 0.2) is 0 Å². The number of rotatable bonds is 6. The van der Waals surface area contributed by atoms with Crippen molar-refractivity contribution in [3.63, 3.8) is 0 Å². The number of hydrogen-bond donors (Lipinski definition) is 2. The highest BCUT2D eigenvalue weighted by molar-refractivity contribution is 5.81. The van der Waals surface area contributed by atoms with E-state index >= 15 is 0 Å². The predicted octanol–water partition coefficient (Wildman–Crippen LogP) is 1.60. The Morgan fingerprint density at radius 1 is 1.55 bits per heavy atom. The fourth-order valence-electron chi connectivity index (χ4n) is 2.54. The molecule has 1 saturated heterocycles. The van der Waals surface area contributed by atoms with Crippen molar-refractivity contribution in [3.8, 4) is 0 Å². The van der Waals surface area contributed by atoms with Crippen LogP contribution in [-0.4, -0.2) is 35.4 Å². The van der Waals surface area contributed by atoms with E-state index in [1.54, 1.807) is 0 Å². The number of likely N-dealkylation sites (tertiary alicyclic amines) is 1. The summed E-state index contributed by atoms with van der Waals surface area (Å²) in [5.74, 6) is 0.715. The van der Waals surface area contributed by atoms with Gasteiger partial charge in [-0.15, -0.1) is 0 Å². The van der Waals surface area contributed by atoms with Crippen molar-refractivity contribution >= 4 is 11.7 Å². The Bertz CT molecular complexity index is 477. The molecule has 1 aromatic heterocycles. The van der Waals surface area contributed by atoms with Crippen molar-refractivity contribution in [2.75, 3.05) is 25.0 Å². The lowest BCUT2D eigenvalue weighted by molar-refractivity contribution is -0.126. The highest BCUT2D eigenvalue weighted by Gasteiger charge is 2.38. The van der Waals surface area contributed by atoms with Crippen LogP contribution in [0.15, 0.2) is 18.2 Å². The van der Waals surface area contributed by atoms with Crippen LogP contribution in [0.25, 0.3) is 0 Å². The molecule has 0 aromatic carbocycles. The number of nitrogens with two attached hydrogens (primary N) is 1. The molecule has 2 heterocycles. The summed E-state index contributed by atoms with van der Waals surface area (Å²) in [6.07, 6.45) is 1.91. The number of primary amides is 1. The first kappa shape index (κ1) is 14.8. The third kappa shape index (κ3) is 3.48. The number of nitrogens with zero attached hydrogens (tertiary/aromatic N) is 2. The summed E-state index contributed by atoms with van der Waals surface area (Å²) in [5.41, 5.74) is 6.11. The van der Waals surface area contributed by atoms with Crippen LogP contribution in [-0.2, 0) is 11.3 Å². The Labute approximate surface area is 120 Å². The molecule has 1 fully saturated rings. The Balaban J connectivity index is 1.96. The summed E-state index contributed by atoms with van der Waals surface area (Å²) < 4.78 is 0. The van der Waals surface area contributed by atoms with Crippen LogP contribution in [0.3, 0.4) is 0 Å². The fourth-order valence-corrected chi connectivity index (χ4v) is 2.54. The predicted molar refractivity (Wildman–Crippen MR) is 80.2 cm³/mol. The Morgan fingerprint density at radius 2 is 2.35 bits per heavy atom. The maximum Gasteiger partial charge on any atom is 0.224 e. The molecule has 0 saturated carbocycles. The van der Waals surface area contributed by atoms with Gasteiger partial charge in [-0.2, -0.15) is 0 Å². The Morgan fingerprint density at radius 3 is 3.00 bits per heavy atom. The lowest BCUT2D eigenvalue weighted by atomic mass is 9.89. The second-order valence-corrected chi connectivity index (χ2v) is 5.83. The SMILES string of the molecule is CCCNc1cccc(CN2CCC(C)(C(N)=O)C2)n1. The molecule has 1 aromatic rings. The van der Waals surface area contributed by atoms with Gasteiger partial charge in [-0.1, -0.05) is 13.0 Å². The monoisotopic (exact) mass is 276 g/mol. The van der Waals surface area contributed by atoms with E-state index in [1.165, 1.54) is 0 Å². The Kier molecular flexibility index (Phi) is 4.60. The molecule has 1 aliphatic heterocycles. The van der Waals surface area contributed by atoms with Gasteiger partial charge >= 0.3 is 0 Å². The van der Waals surface area contributed by atoms with E-state index in [0.717, 1.165) is 50.5 Å². The van der Waals surface area contributed by atoms with E-state index in [2.05, 4.69) is 22.1 Å². The molecule has 5 nitrogen and oxygen atoms in total. The zero-order valence-electron chi connectivity index (χ0n) is 12.4. The summed E-state index contributed by atoms with van der Waals surface area (Å²) in [4.78, 5) is 18.3. The first-order valence-electron chi connectivity index (χ1n) is 7.25. The van der Waals surface area contributed by atoms with Crippen molar-refractivity contribution in [1.29, 1.82) is 0 Å². The molecule has 1 unspecified atom stereocenters. The van der Waals surface area contributed by atoms with Crippen LogP contribution in [0.5, 0.6) is 0 Å². The van der Waals surface area contributed by atoms with Crippen LogP contribution in [0.2, 0.25) is 0 Å². The van der Waals surface area contributed by atoms with Gasteiger partial charge in [-0.05, 0) is 38.4 Å². The topological polar surface area (TPSA) is 71.2 Å². The van der Waals surface area contributed by atoms with Crippen molar-refractivity contribution in [3.05, 3.63) is 23.9 Å². The van der Waals surface area contributed by atoms with Crippen LogP contribution in [0.1, 0.15) is 32.4 Å². The number of anilines is 1. The molecule has 1 amide bonds. The molecule has 0 aliphatic carbocycles. The number of carbonyl (C=O) groups excluding carboxylic acids is 1. The van der Waals surface area contributed by atoms with E-state index in [4.69, 9.17) is 5.73 Å². The fraction of sp³-hybridized carbons (Fsp3) is 0.600. The smallest absolute Gasteiger partial charge is 0.224 e. The minimum Gasteiger partial charge on any atom is -0.370 e. The van der Waals surface area contributed by atoms with E-state index in [-0.39, 0.29) is 5.91 Å². The number of aromatic nitrogens is 1. The van der Waals surface area contributed by atoms with Gasteiger partial charge in [0.1, 0.15) is 5.82 Å². The zero-order chi connectivity index (χ0) is 14.6. The van der Waals surface area contributed by atoms with Gasteiger partial charge in [0.05, 0.1) is 11.1 Å². The summed E-state index contributed by atoms with van der Waals surface area (Å²) in [6, 6.07) is 6.03. The van der Waals surface area contributed by atoms with Gasteiger partial charge in [-0.3, -0.25) is 9.69 Å². The molecule has 1 atom stereocenters. The van der Waals surface area contributed by atoms with Crippen LogP contribution in [0, 0.1) is 5.41 Å². The largest absolute Gasteiger partial charge is 0.370 e. The average Bonchev–Trinajstić information content (AvgIpc) is 2.80. The normalized spacial score (nSPS) is 22.9. The lowest BCUT2D eigenvalue weighted by Gasteiger charge is -2.20. The third-order valence-corrected chi connectivity index (χ3v) is 3.90. The van der Waals surface area contributed by atoms with E-state index in [9.17, 15) is 4.79 Å². The van der Waals surface area contributed by atoms with Gasteiger partial charge in [-0.25, -0.2) is 4.98 Å². The standard InChI is InChI=1S/C15H24N4O/c1-3-8-17-13-6-4-5-12(18-13)10-19-9-7-15(2,11-19)14(16)20/h4-6H,3,7-11H2,1-2H3,(H2,16,20)(H,17,18). The van der Waals surface area contributed by atoms with Gasteiger partial charge in [0.25, 0.3) is 0 Å². The Hall–Kier alpha value is -1.62. The highest BCUT2D eigenvalue weighted by atomic mass is 16.1. The minimum absolute atomic E-state index is 0.202. The van der Waals surface area contributed by atoms with E-state index in [0.29, 0.717) is 0 Å². The highest BCUT2D eigenvalue weighted by Crippen LogP contribution is 2.30. The second kappa shape index (κ2) is 6.22. The van der Waals surface area contributed by atoms with Crippen LogP contribution >= 0.6 is 0 Å². The number of nitrogens with one attached hydrogen (secondary N) is 1. The molecular formula is C15H24N4O. The van der Waals surface area contributed by atoms with Crippen LogP contribution < -0.4 is 11.1 Å². The average molecular weight is 276 g/mol. The maximum atomic E-state index is 11.5. The summed E-state index contributed by atoms with van der Waals surface area (Å²) in [7, 11) is 0. The summed E-state index contributed by atoms with van der Waals surface area (Å²) in [5, 5.41) is 3.29. The third-order valence-electron chi connectivity index (χ3n) is 3.90. The van der Waals surface area contributed by atoms with Gasteiger partial charge in [0, 0.05) is 19.6 Å². The van der Waals surface area contributed by atoms with E-state index in [1.807, 2.05) is 25.1 Å². The molecule has 20 heavy (non-hydrogen) atoms. The molecular weight excluding hydrogens is 252 g/mol. The molecule has 2 rings (SSSR count). The number of pyridine rings is 1. The molecule has 3 N–H and O–H groups in total. The summed E-state index contributed by atoms with van der Waals surface area (Å²) >= 11 is 0. The van der Waals surface area contributed by atoms with Gasteiger partial charge in [0.2, 0.25) is 5.91 Å². The quantitative estimate of drug-likeness (QED) is 0.828. The van der Waals surface area contributed by atoms with Crippen molar-refractivity contribution in [1.82, 2.24) is 9.88 Å². The minimum atomic E-state index is -0.391. The molecule has 0 spiro atoms. The number of amides is 1.